The lowest BCUT2D eigenvalue weighted by Crippen LogP contribution is -2.11. The van der Waals surface area contributed by atoms with Gasteiger partial charge in [-0.05, 0) is 18.9 Å². The highest BCUT2D eigenvalue weighted by Gasteiger charge is 1.95. The normalized spacial score (nSPS) is 10.2. The average Bonchev–Trinajstić information content (AvgIpc) is 2.29. The summed E-state index contributed by atoms with van der Waals surface area (Å²) in [7, 11) is 0. The summed E-state index contributed by atoms with van der Waals surface area (Å²) < 4.78 is 0. The molecule has 0 unspecified atom stereocenters. The Labute approximate surface area is 99.7 Å². The number of hydrogen-bond donors (Lipinski definition) is 2. The van der Waals surface area contributed by atoms with Gasteiger partial charge in [0.15, 0.2) is 0 Å². The summed E-state index contributed by atoms with van der Waals surface area (Å²) in [6.07, 6.45) is 2.53. The lowest BCUT2D eigenvalue weighted by molar-refractivity contribution is 0.968. The fourth-order valence-electron chi connectivity index (χ4n) is 1.69. The number of benzene rings is 1. The number of nitrogens with one attached hydrogen (secondary N) is 2. The molecule has 0 amide bonds. The molecule has 1 heterocycles. The Balaban J connectivity index is 1.90. The van der Waals surface area contributed by atoms with Crippen molar-refractivity contribution in [2.45, 2.75) is 13.3 Å². The Bertz CT molecular complexity index is 548. The van der Waals surface area contributed by atoms with Crippen molar-refractivity contribution in [1.82, 2.24) is 10.2 Å². The number of anilines is 1. The zero-order chi connectivity index (χ0) is 12.1. The minimum Gasteiger partial charge on any atom is -0.383 e. The van der Waals surface area contributed by atoms with E-state index < -0.39 is 0 Å². The van der Waals surface area contributed by atoms with E-state index >= 15 is 0 Å². The van der Waals surface area contributed by atoms with E-state index in [1.807, 2.05) is 0 Å². The van der Waals surface area contributed by atoms with Crippen LogP contribution in [0.4, 0.5) is 5.69 Å². The fraction of sp³-hybridized carbons (Fsp3) is 0.231. The van der Waals surface area contributed by atoms with Gasteiger partial charge in [0, 0.05) is 12.6 Å². The molecule has 0 aliphatic carbocycles. The van der Waals surface area contributed by atoms with Crippen LogP contribution in [-0.4, -0.2) is 16.7 Å². The van der Waals surface area contributed by atoms with Gasteiger partial charge in [0.2, 0.25) is 0 Å². The van der Waals surface area contributed by atoms with Crippen LogP contribution in [0.3, 0.4) is 0 Å². The van der Waals surface area contributed by atoms with E-state index in [1.54, 1.807) is 6.20 Å². The molecule has 0 fully saturated rings. The van der Waals surface area contributed by atoms with Crippen LogP contribution >= 0.6 is 0 Å². The smallest absolute Gasteiger partial charge is 0.266 e. The molecule has 4 heteroatoms. The maximum Gasteiger partial charge on any atom is 0.266 e. The second kappa shape index (κ2) is 5.30. The number of rotatable bonds is 4. The Morgan fingerprint density at radius 3 is 3.00 bits per heavy atom. The molecule has 0 bridgehead atoms. The van der Waals surface area contributed by atoms with Crippen LogP contribution in [0.15, 0.2) is 41.3 Å². The number of hydrogen-bond acceptors (Lipinski definition) is 3. The largest absolute Gasteiger partial charge is 0.383 e. The SMILES string of the molecule is Cc1cccc(CCNc2cn[nH]c(=O)c2)c1. The summed E-state index contributed by atoms with van der Waals surface area (Å²) in [4.78, 5) is 11.0. The third-order valence-electron chi connectivity index (χ3n) is 2.49. The Kier molecular flexibility index (Phi) is 3.55. The van der Waals surface area contributed by atoms with Crippen LogP contribution in [0.2, 0.25) is 0 Å². The van der Waals surface area contributed by atoms with E-state index in [4.69, 9.17) is 0 Å². The van der Waals surface area contributed by atoms with E-state index in [0.29, 0.717) is 0 Å². The fourth-order valence-corrected chi connectivity index (χ4v) is 1.69. The second-order valence-corrected chi connectivity index (χ2v) is 4.00. The van der Waals surface area contributed by atoms with Gasteiger partial charge in [0.1, 0.15) is 0 Å². The van der Waals surface area contributed by atoms with E-state index in [1.165, 1.54) is 17.2 Å². The topological polar surface area (TPSA) is 57.8 Å². The summed E-state index contributed by atoms with van der Waals surface area (Å²) in [6.45, 7) is 2.87. The lowest BCUT2D eigenvalue weighted by atomic mass is 10.1. The first kappa shape index (κ1) is 11.4. The number of aromatic nitrogens is 2. The molecule has 0 aliphatic rings. The van der Waals surface area contributed by atoms with Crippen molar-refractivity contribution in [3.8, 4) is 0 Å². The summed E-state index contributed by atoms with van der Waals surface area (Å²) in [5, 5.41) is 9.24. The van der Waals surface area contributed by atoms with Crippen molar-refractivity contribution < 1.29 is 0 Å². The van der Waals surface area contributed by atoms with Gasteiger partial charge in [-0.2, -0.15) is 5.10 Å². The van der Waals surface area contributed by atoms with E-state index in [9.17, 15) is 4.79 Å². The minimum atomic E-state index is -0.189. The first-order valence-electron chi connectivity index (χ1n) is 5.58. The Morgan fingerprint density at radius 1 is 1.35 bits per heavy atom. The molecule has 1 aromatic carbocycles. The maximum absolute atomic E-state index is 11.0. The molecule has 0 spiro atoms. The quantitative estimate of drug-likeness (QED) is 0.839. The highest BCUT2D eigenvalue weighted by molar-refractivity contribution is 5.38. The maximum atomic E-state index is 11.0. The van der Waals surface area contributed by atoms with Gasteiger partial charge in [-0.3, -0.25) is 4.79 Å². The second-order valence-electron chi connectivity index (χ2n) is 4.00. The number of nitrogens with zero attached hydrogens (tertiary/aromatic N) is 1. The summed E-state index contributed by atoms with van der Waals surface area (Å²) in [5.41, 5.74) is 3.11. The standard InChI is InChI=1S/C13H15N3O/c1-10-3-2-4-11(7-10)5-6-14-12-8-13(17)16-15-9-12/h2-4,7-9H,5-6H2,1H3,(H2,14,16,17). The van der Waals surface area contributed by atoms with Crippen molar-refractivity contribution in [2.75, 3.05) is 11.9 Å². The monoisotopic (exact) mass is 229 g/mol. The third kappa shape index (κ3) is 3.45. The zero-order valence-electron chi connectivity index (χ0n) is 9.73. The summed E-state index contributed by atoms with van der Waals surface area (Å²) in [6, 6.07) is 9.91. The van der Waals surface area contributed by atoms with Crippen molar-refractivity contribution in [3.05, 3.63) is 58.0 Å². The number of H-pyrrole nitrogens is 1. The highest BCUT2D eigenvalue weighted by Crippen LogP contribution is 2.05. The van der Waals surface area contributed by atoms with E-state index in [0.717, 1.165) is 18.7 Å². The molecule has 2 N–H and O–H groups in total. The van der Waals surface area contributed by atoms with Gasteiger partial charge in [0.05, 0.1) is 11.9 Å². The van der Waals surface area contributed by atoms with Gasteiger partial charge < -0.3 is 5.32 Å². The molecule has 0 atom stereocenters. The first-order chi connectivity index (χ1) is 8.24. The van der Waals surface area contributed by atoms with Crippen LogP contribution in [0, 0.1) is 6.92 Å². The third-order valence-corrected chi connectivity index (χ3v) is 2.49. The zero-order valence-corrected chi connectivity index (χ0v) is 9.73. The first-order valence-corrected chi connectivity index (χ1v) is 5.58. The molecule has 0 radical (unpaired) electrons. The van der Waals surface area contributed by atoms with Crippen LogP contribution in [-0.2, 0) is 6.42 Å². The predicted octanol–water partition coefficient (Wildman–Crippen LogP) is 1.73. The van der Waals surface area contributed by atoms with Crippen LogP contribution in [0.5, 0.6) is 0 Å². The molecule has 1 aromatic heterocycles. The molecule has 0 saturated heterocycles. The van der Waals surface area contributed by atoms with E-state index in [-0.39, 0.29) is 5.56 Å². The predicted molar refractivity (Wildman–Crippen MR) is 68.2 cm³/mol. The van der Waals surface area contributed by atoms with Gasteiger partial charge >= 0.3 is 0 Å². The van der Waals surface area contributed by atoms with Crippen molar-refractivity contribution in [1.29, 1.82) is 0 Å². The van der Waals surface area contributed by atoms with Crippen LogP contribution in [0.1, 0.15) is 11.1 Å². The van der Waals surface area contributed by atoms with Gasteiger partial charge in [0.25, 0.3) is 5.56 Å². The molecule has 2 aromatic rings. The molecule has 17 heavy (non-hydrogen) atoms. The summed E-state index contributed by atoms with van der Waals surface area (Å²) >= 11 is 0. The number of aromatic amines is 1. The average molecular weight is 229 g/mol. The molecule has 0 aliphatic heterocycles. The van der Waals surface area contributed by atoms with Gasteiger partial charge in [-0.15, -0.1) is 0 Å². The summed E-state index contributed by atoms with van der Waals surface area (Å²) in [5.74, 6) is 0. The lowest BCUT2D eigenvalue weighted by Gasteiger charge is -2.05. The van der Waals surface area contributed by atoms with Crippen molar-refractivity contribution >= 4 is 5.69 Å². The van der Waals surface area contributed by atoms with Gasteiger partial charge in [-0.1, -0.05) is 29.8 Å². The van der Waals surface area contributed by atoms with Crippen LogP contribution < -0.4 is 10.9 Å². The highest BCUT2D eigenvalue weighted by atomic mass is 16.1. The van der Waals surface area contributed by atoms with Crippen LogP contribution in [0.25, 0.3) is 0 Å². The molecule has 2 rings (SSSR count). The van der Waals surface area contributed by atoms with Crippen molar-refractivity contribution in [2.24, 2.45) is 0 Å². The van der Waals surface area contributed by atoms with E-state index in [2.05, 4.69) is 46.7 Å². The molecule has 0 saturated carbocycles. The minimum absolute atomic E-state index is 0.189. The molecule has 4 nitrogen and oxygen atoms in total. The van der Waals surface area contributed by atoms with Crippen molar-refractivity contribution in [3.63, 3.8) is 0 Å². The Morgan fingerprint density at radius 2 is 2.24 bits per heavy atom. The Hall–Kier alpha value is -2.10. The molecular formula is C13H15N3O. The molecule has 88 valence electrons. The molecular weight excluding hydrogens is 214 g/mol. The van der Waals surface area contributed by atoms with Gasteiger partial charge in [-0.25, -0.2) is 5.10 Å². The number of aryl methyl sites for hydroxylation is 1.